The molecule has 312 valence electrons. The first-order valence-electron chi connectivity index (χ1n) is 17.0. The zero-order chi connectivity index (χ0) is 42.8. The average Bonchev–Trinajstić information content (AvgIpc) is 3.44. The number of ether oxygens (including phenoxy) is 2. The van der Waals surface area contributed by atoms with Crippen LogP contribution in [0.25, 0.3) is 5.69 Å². The molecule has 0 fully saturated rings. The van der Waals surface area contributed by atoms with Gasteiger partial charge in [0.25, 0.3) is 0 Å². The Kier molecular flexibility index (Phi) is 23.7. The van der Waals surface area contributed by atoms with Gasteiger partial charge < -0.3 is 38.2 Å². The van der Waals surface area contributed by atoms with Crippen LogP contribution >= 0.6 is 42.4 Å². The minimum absolute atomic E-state index is 0.0223. The van der Waals surface area contributed by atoms with Crippen molar-refractivity contribution in [2.24, 2.45) is 0 Å². The van der Waals surface area contributed by atoms with Crippen LogP contribution in [-0.2, 0) is 41.6 Å². The lowest BCUT2D eigenvalue weighted by molar-refractivity contribution is -0.193. The molecule has 14 nitrogen and oxygen atoms in total. The quantitative estimate of drug-likeness (QED) is 0.103. The van der Waals surface area contributed by atoms with Gasteiger partial charge in [-0.25, -0.2) is 4.79 Å². The molecule has 1 heterocycles. The van der Waals surface area contributed by atoms with Crippen LogP contribution in [0.4, 0.5) is 5.69 Å². The third-order valence-electron chi connectivity index (χ3n) is 6.54. The van der Waals surface area contributed by atoms with E-state index in [0.29, 0.717) is 39.9 Å². The number of hydrogen-bond donors (Lipinski definition) is 3. The Hall–Kier alpha value is -2.59. The van der Waals surface area contributed by atoms with Crippen LogP contribution < -0.4 is 25.6 Å². The summed E-state index contributed by atoms with van der Waals surface area (Å²) in [7, 11) is -2.07. The van der Waals surface area contributed by atoms with Gasteiger partial charge in [-0.3, -0.25) is 14.9 Å². The molecule has 3 N–H and O–H groups in total. The van der Waals surface area contributed by atoms with E-state index in [4.69, 9.17) is 58.7 Å². The Morgan fingerprint density at radius 2 is 1.73 bits per heavy atom. The van der Waals surface area contributed by atoms with Gasteiger partial charge in [-0.05, 0) is 62.2 Å². The van der Waals surface area contributed by atoms with Crippen molar-refractivity contribution in [3.8, 4) is 11.4 Å². The smallest absolute Gasteiger partial charge is 0.442 e. The molecule has 2 aromatic carbocycles. The first-order chi connectivity index (χ1) is 25.3. The van der Waals surface area contributed by atoms with Crippen molar-refractivity contribution in [1.29, 1.82) is 0 Å². The lowest BCUT2D eigenvalue weighted by Gasteiger charge is -2.31. The molecule has 55 heavy (non-hydrogen) atoms. The summed E-state index contributed by atoms with van der Waals surface area (Å²) >= 11 is 18.1. The number of carbonyl (C=O) groups is 2. The number of amides is 1. The topological polar surface area (TPSA) is 196 Å². The van der Waals surface area contributed by atoms with Crippen LogP contribution in [-0.4, -0.2) is 95.0 Å². The number of carboxylic acid groups (broad SMARTS) is 1. The van der Waals surface area contributed by atoms with Gasteiger partial charge in [-0.1, -0.05) is 69.1 Å². The third kappa shape index (κ3) is 19.9. The second-order valence-electron chi connectivity index (χ2n) is 13.7. The molecule has 1 amide bonds. The molecule has 0 bridgehead atoms. The van der Waals surface area contributed by atoms with Gasteiger partial charge in [0.15, 0.2) is 0 Å². The predicted octanol–water partition coefficient (Wildman–Crippen LogP) is 6.04. The van der Waals surface area contributed by atoms with Crippen molar-refractivity contribution < 1.29 is 42.9 Å². The number of methoxy groups -OCH3 is 1. The Morgan fingerprint density at radius 1 is 1.15 bits per heavy atom. The summed E-state index contributed by atoms with van der Waals surface area (Å²) in [6, 6.07) is 9.15. The number of halogens is 3. The van der Waals surface area contributed by atoms with Gasteiger partial charge in [0.1, 0.15) is 19.2 Å². The first-order valence-corrected chi connectivity index (χ1v) is 22.5. The molecular formula is C36H56Cl3N4O10PS. The van der Waals surface area contributed by atoms with Crippen LogP contribution in [0.5, 0.6) is 5.75 Å². The molecule has 0 spiro atoms. The Labute approximate surface area is 342 Å². The molecule has 0 aliphatic heterocycles. The fourth-order valence-corrected chi connectivity index (χ4v) is 5.41. The Morgan fingerprint density at radius 3 is 2.16 bits per heavy atom. The molecule has 0 radical (unpaired) electrons. The number of carbonyl (C=O) groups excluding carboxylic acids is 1. The van der Waals surface area contributed by atoms with E-state index >= 15 is 0 Å². The maximum atomic E-state index is 12.2. The number of aromatic nitrogens is 2. The summed E-state index contributed by atoms with van der Waals surface area (Å²) in [5.74, 6) is -1.13. The summed E-state index contributed by atoms with van der Waals surface area (Å²) in [6.45, 7) is 15.5. The maximum Gasteiger partial charge on any atom is 0.442 e. The predicted molar refractivity (Wildman–Crippen MR) is 222 cm³/mol. The van der Waals surface area contributed by atoms with Crippen LogP contribution in [0, 0.1) is 6.92 Å². The Bertz CT molecular complexity index is 1760. The normalized spacial score (nSPS) is 12.6. The van der Waals surface area contributed by atoms with Crippen LogP contribution in [0.2, 0.25) is 10.0 Å². The van der Waals surface area contributed by atoms with Crippen LogP contribution in [0.1, 0.15) is 65.5 Å². The number of nitrogens with one attached hydrogen (secondary N) is 1. The largest absolute Gasteiger partial charge is 0.778 e. The van der Waals surface area contributed by atoms with Crippen molar-refractivity contribution in [3.63, 3.8) is 0 Å². The highest BCUT2D eigenvalue weighted by Crippen LogP contribution is 2.34. The second kappa shape index (κ2) is 24.9. The molecule has 0 aliphatic rings. The molecule has 2 atom stereocenters. The lowest BCUT2D eigenvalue weighted by atomic mass is 9.97. The molecule has 3 aromatic rings. The first kappa shape index (κ1) is 52.4. The summed E-state index contributed by atoms with van der Waals surface area (Å²) < 4.78 is 27.1. The van der Waals surface area contributed by atoms with Crippen molar-refractivity contribution in [3.05, 3.63) is 67.9 Å². The maximum absolute atomic E-state index is 12.2. The van der Waals surface area contributed by atoms with Crippen molar-refractivity contribution in [2.45, 2.75) is 79.4 Å². The van der Waals surface area contributed by atoms with Crippen LogP contribution in [0.3, 0.4) is 0 Å². The van der Waals surface area contributed by atoms with E-state index in [1.807, 2.05) is 65.9 Å². The minimum Gasteiger partial charge on any atom is -0.778 e. The van der Waals surface area contributed by atoms with E-state index in [1.54, 1.807) is 18.1 Å². The number of aliphatic carboxylic acids is 1. The number of benzene rings is 2. The molecule has 0 saturated carbocycles. The van der Waals surface area contributed by atoms with E-state index in [9.17, 15) is 23.8 Å². The number of hydrogen-bond acceptors (Lipinski definition) is 10. The number of para-hydroxylation sites is 1. The highest BCUT2D eigenvalue weighted by Gasteiger charge is 2.26. The van der Waals surface area contributed by atoms with Crippen molar-refractivity contribution in [1.82, 2.24) is 15.1 Å². The minimum atomic E-state index is -4.35. The van der Waals surface area contributed by atoms with Crippen molar-refractivity contribution >= 4 is 70.9 Å². The number of anilines is 1. The molecule has 2 unspecified atom stereocenters. The number of nitrogens with zero attached hydrogens (tertiary/aromatic N) is 3. The zero-order valence-electron chi connectivity index (χ0n) is 33.6. The Balaban J connectivity index is 0.000000801. The number of alkyl halides is 1. The van der Waals surface area contributed by atoms with Gasteiger partial charge in [-0.2, -0.15) is 4.68 Å². The van der Waals surface area contributed by atoms with E-state index in [1.165, 1.54) is 6.07 Å². The summed E-state index contributed by atoms with van der Waals surface area (Å²) in [4.78, 5) is 53.8. The zero-order valence-corrected chi connectivity index (χ0v) is 37.5. The highest BCUT2D eigenvalue weighted by atomic mass is 35.5. The molecule has 0 saturated heterocycles. The average molecular weight is 874 g/mol. The fourth-order valence-electron chi connectivity index (χ4n) is 4.38. The number of aryl methyl sites for hydroxylation is 2. The second-order valence-corrected chi connectivity index (χ2v) is 18.8. The van der Waals surface area contributed by atoms with E-state index in [-0.39, 0.29) is 34.4 Å². The van der Waals surface area contributed by atoms with Gasteiger partial charge in [-0.15, -0.1) is 16.7 Å². The molecule has 1 aromatic heterocycles. The van der Waals surface area contributed by atoms with E-state index in [0.717, 1.165) is 27.9 Å². The standard InChI is InChI=1S/C15H18Cl2N2O3.C15H22ClNO2.C3H8NO5P.C3H9S/c1-8(2)21-12-7-11(9(16)6-10(12)17)19-14(20)22-13(18-19)15(3,4)5;1-5-13-8-6-7-11(2)15(13)17(14(18)9-16)12(3)10-19-4;5-3(6)1-4-2-10(7,8)9;1-4(2)3/h6-8H,1-5H3;6-8,12H,5,9-10H2,1-4H3;4H,1-2H2,(H,5,6)(H2,7,8,9);1-3H3/q;;;+1/p-1. The summed E-state index contributed by atoms with van der Waals surface area (Å²) in [6.07, 6.45) is 6.69. The molecule has 0 aliphatic carbocycles. The van der Waals surface area contributed by atoms with Crippen LogP contribution in [0.15, 0.2) is 39.5 Å². The summed E-state index contributed by atoms with van der Waals surface area (Å²) in [5, 5.41) is 14.8. The molecular weight excluding hydrogens is 818 g/mol. The van der Waals surface area contributed by atoms with E-state index < -0.39 is 32.2 Å². The van der Waals surface area contributed by atoms with Gasteiger partial charge in [0.2, 0.25) is 11.8 Å². The fraction of sp³-hybridized carbons (Fsp3) is 0.556. The molecule has 3 rings (SSSR count). The summed E-state index contributed by atoms with van der Waals surface area (Å²) in [5.41, 5.74) is 3.19. The monoisotopic (exact) mass is 872 g/mol. The third-order valence-corrected chi connectivity index (χ3v) is 7.99. The SMILES string of the molecule is CC(C)Oc1cc(-n2nc(C(C)(C)C)oc2=O)c(Cl)cc1Cl.CCc1cccc(C)c1N(C(=O)CCl)C(C)COC.C[S+](C)C.O=C(O)CNCP(=O)([O-])O. The van der Waals surface area contributed by atoms with Gasteiger partial charge in [0, 0.05) is 18.6 Å². The van der Waals surface area contributed by atoms with Gasteiger partial charge >= 0.3 is 11.7 Å². The van der Waals surface area contributed by atoms with Crippen molar-refractivity contribution in [2.75, 3.05) is 56.1 Å². The van der Waals surface area contributed by atoms with E-state index in [2.05, 4.69) is 36.9 Å². The molecule has 19 heteroatoms. The number of carboxylic acids is 1. The highest BCUT2D eigenvalue weighted by molar-refractivity contribution is 7.94. The lowest BCUT2D eigenvalue weighted by Crippen LogP contribution is -2.43. The van der Waals surface area contributed by atoms with Gasteiger partial charge in [0.05, 0.1) is 71.8 Å². The number of rotatable bonds is 13.